The van der Waals surface area contributed by atoms with Crippen LogP contribution < -0.4 is 5.32 Å². The highest BCUT2D eigenvalue weighted by atomic mass is 16.6. The van der Waals surface area contributed by atoms with Crippen molar-refractivity contribution in [2.45, 2.75) is 51.7 Å². The van der Waals surface area contributed by atoms with Crippen LogP contribution in [0.25, 0.3) is 0 Å². The van der Waals surface area contributed by atoms with E-state index in [4.69, 9.17) is 4.74 Å². The molecule has 3 unspecified atom stereocenters. The second-order valence-electron chi connectivity index (χ2n) is 7.80. The van der Waals surface area contributed by atoms with Crippen molar-refractivity contribution in [3.63, 3.8) is 0 Å². The minimum absolute atomic E-state index is 0.147. The molecular formula is C17H28N2O2. The monoisotopic (exact) mass is 292 g/mol. The van der Waals surface area contributed by atoms with Gasteiger partial charge in [0.2, 0.25) is 0 Å². The molecule has 1 aliphatic heterocycles. The van der Waals surface area contributed by atoms with Gasteiger partial charge < -0.3 is 15.0 Å². The lowest BCUT2D eigenvalue weighted by Gasteiger charge is -2.26. The van der Waals surface area contributed by atoms with E-state index in [0.29, 0.717) is 17.9 Å². The van der Waals surface area contributed by atoms with Gasteiger partial charge in [0.05, 0.1) is 0 Å². The summed E-state index contributed by atoms with van der Waals surface area (Å²) in [5.41, 5.74) is -0.393. The minimum Gasteiger partial charge on any atom is -0.444 e. The zero-order valence-electron chi connectivity index (χ0n) is 13.5. The Morgan fingerprint density at radius 3 is 2.57 bits per heavy atom. The summed E-state index contributed by atoms with van der Waals surface area (Å²) in [6, 6.07) is 0.634. The van der Waals surface area contributed by atoms with E-state index in [0.717, 1.165) is 25.6 Å². The summed E-state index contributed by atoms with van der Waals surface area (Å²) in [6.07, 6.45) is 8.23. The molecule has 1 N–H and O–H groups in total. The third-order valence-electron chi connectivity index (χ3n) is 4.87. The van der Waals surface area contributed by atoms with Crippen molar-refractivity contribution in [3.05, 3.63) is 12.2 Å². The number of nitrogens with one attached hydrogen (secondary N) is 1. The molecule has 0 spiro atoms. The van der Waals surface area contributed by atoms with Crippen LogP contribution in [0, 0.1) is 17.8 Å². The Labute approximate surface area is 127 Å². The fourth-order valence-electron chi connectivity index (χ4n) is 3.65. The number of piperidine rings is 1. The van der Waals surface area contributed by atoms with Crippen molar-refractivity contribution in [1.29, 1.82) is 0 Å². The largest absolute Gasteiger partial charge is 0.444 e. The Kier molecular flexibility index (Phi) is 4.00. The SMILES string of the molecule is CC(C)(C)OC(=O)N1CC2C(C1)C2NCC1CC=CCC1. The molecule has 0 aromatic heterocycles. The molecule has 1 saturated carbocycles. The van der Waals surface area contributed by atoms with Crippen LogP contribution in [0.5, 0.6) is 0 Å². The van der Waals surface area contributed by atoms with E-state index >= 15 is 0 Å². The molecule has 2 fully saturated rings. The number of hydrogen-bond donors (Lipinski definition) is 1. The molecular weight excluding hydrogens is 264 g/mol. The first-order valence-electron chi connectivity index (χ1n) is 8.30. The number of fused-ring (bicyclic) bond motifs is 1. The molecule has 0 aromatic rings. The lowest BCUT2D eigenvalue weighted by atomic mass is 9.94. The predicted molar refractivity (Wildman–Crippen MR) is 83.1 cm³/mol. The van der Waals surface area contributed by atoms with Gasteiger partial charge in [-0.2, -0.15) is 0 Å². The van der Waals surface area contributed by atoms with E-state index in [1.165, 1.54) is 19.3 Å². The first-order chi connectivity index (χ1) is 9.94. The number of carbonyl (C=O) groups excluding carboxylic acids is 1. The highest BCUT2D eigenvalue weighted by Crippen LogP contribution is 2.45. The smallest absolute Gasteiger partial charge is 0.410 e. The molecule has 118 valence electrons. The first-order valence-corrected chi connectivity index (χ1v) is 8.30. The van der Waals surface area contributed by atoms with E-state index in [9.17, 15) is 4.79 Å². The topological polar surface area (TPSA) is 41.6 Å². The second-order valence-corrected chi connectivity index (χ2v) is 7.80. The molecule has 0 radical (unpaired) electrons. The van der Waals surface area contributed by atoms with E-state index in [2.05, 4.69) is 17.5 Å². The molecule has 1 heterocycles. The predicted octanol–water partition coefficient (Wildman–Crippen LogP) is 2.80. The fourth-order valence-corrected chi connectivity index (χ4v) is 3.65. The van der Waals surface area contributed by atoms with Crippen molar-refractivity contribution in [2.75, 3.05) is 19.6 Å². The summed E-state index contributed by atoms with van der Waals surface area (Å²) < 4.78 is 5.44. The van der Waals surface area contributed by atoms with Gasteiger partial charge in [-0.1, -0.05) is 12.2 Å². The highest BCUT2D eigenvalue weighted by Gasteiger charge is 2.56. The molecule has 4 heteroatoms. The first kappa shape index (κ1) is 14.9. The number of likely N-dealkylation sites (tertiary alicyclic amines) is 1. The molecule has 1 saturated heterocycles. The normalized spacial score (nSPS) is 34.7. The van der Waals surface area contributed by atoms with E-state index < -0.39 is 5.60 Å². The zero-order valence-corrected chi connectivity index (χ0v) is 13.5. The maximum Gasteiger partial charge on any atom is 0.410 e. The summed E-state index contributed by atoms with van der Waals surface area (Å²) in [5, 5.41) is 3.72. The van der Waals surface area contributed by atoms with Crippen LogP contribution in [0.4, 0.5) is 4.79 Å². The summed E-state index contributed by atoms with van der Waals surface area (Å²) in [6.45, 7) is 8.62. The molecule has 3 aliphatic rings. The number of nitrogens with zero attached hydrogens (tertiary/aromatic N) is 1. The molecule has 4 nitrogen and oxygen atoms in total. The second kappa shape index (κ2) is 5.64. The average molecular weight is 292 g/mol. The third kappa shape index (κ3) is 3.60. The van der Waals surface area contributed by atoms with Crippen molar-refractivity contribution in [1.82, 2.24) is 10.2 Å². The summed E-state index contributed by atoms with van der Waals surface area (Å²) >= 11 is 0. The summed E-state index contributed by atoms with van der Waals surface area (Å²) in [4.78, 5) is 13.9. The van der Waals surface area contributed by atoms with E-state index in [-0.39, 0.29) is 6.09 Å². The molecule has 0 bridgehead atoms. The van der Waals surface area contributed by atoms with Crippen LogP contribution >= 0.6 is 0 Å². The molecule has 3 rings (SSSR count). The highest BCUT2D eigenvalue weighted by molar-refractivity contribution is 5.69. The van der Waals surface area contributed by atoms with Gasteiger partial charge in [0.15, 0.2) is 0 Å². The molecule has 3 atom stereocenters. The van der Waals surface area contributed by atoms with Gasteiger partial charge in [0.1, 0.15) is 5.60 Å². The third-order valence-corrected chi connectivity index (χ3v) is 4.87. The number of rotatable bonds is 3. The molecule has 21 heavy (non-hydrogen) atoms. The van der Waals surface area contributed by atoms with Crippen molar-refractivity contribution in [3.8, 4) is 0 Å². The van der Waals surface area contributed by atoms with E-state index in [1.807, 2.05) is 25.7 Å². The number of allylic oxidation sites excluding steroid dienone is 2. The van der Waals surface area contributed by atoms with Crippen LogP contribution in [-0.2, 0) is 4.74 Å². The standard InChI is InChI=1S/C17H28N2O2/c1-17(2,3)21-16(20)19-10-13-14(11-19)15(13)18-9-12-7-5-4-6-8-12/h4-5,12-15,18H,6-11H2,1-3H3. The minimum atomic E-state index is -0.393. The average Bonchev–Trinajstić information content (AvgIpc) is 2.87. The summed E-state index contributed by atoms with van der Waals surface area (Å²) in [5.74, 6) is 2.10. The van der Waals surface area contributed by atoms with Crippen molar-refractivity contribution in [2.24, 2.45) is 17.8 Å². The van der Waals surface area contributed by atoms with Gasteiger partial charge in [-0.05, 0) is 64.3 Å². The maximum absolute atomic E-state index is 12.0. The quantitative estimate of drug-likeness (QED) is 0.813. The number of ether oxygens (including phenoxy) is 1. The van der Waals surface area contributed by atoms with Crippen molar-refractivity contribution < 1.29 is 9.53 Å². The zero-order chi connectivity index (χ0) is 15.0. The lowest BCUT2D eigenvalue weighted by Crippen LogP contribution is -2.39. The van der Waals surface area contributed by atoms with Crippen LogP contribution in [-0.4, -0.2) is 42.3 Å². The fraction of sp³-hybridized carbons (Fsp3) is 0.824. The van der Waals surface area contributed by atoms with Crippen LogP contribution in [0.1, 0.15) is 40.0 Å². The number of hydrogen-bond acceptors (Lipinski definition) is 3. The number of amides is 1. The lowest BCUT2D eigenvalue weighted by molar-refractivity contribution is 0.0269. The van der Waals surface area contributed by atoms with Gasteiger partial charge >= 0.3 is 6.09 Å². The Morgan fingerprint density at radius 2 is 2.00 bits per heavy atom. The van der Waals surface area contributed by atoms with Gasteiger partial charge in [-0.3, -0.25) is 0 Å². The van der Waals surface area contributed by atoms with Gasteiger partial charge in [0.25, 0.3) is 0 Å². The summed E-state index contributed by atoms with van der Waals surface area (Å²) in [7, 11) is 0. The van der Waals surface area contributed by atoms with E-state index in [1.54, 1.807) is 0 Å². The Morgan fingerprint density at radius 1 is 1.29 bits per heavy atom. The molecule has 1 amide bonds. The van der Waals surface area contributed by atoms with Crippen molar-refractivity contribution >= 4 is 6.09 Å². The van der Waals surface area contributed by atoms with Gasteiger partial charge in [0, 0.05) is 19.1 Å². The van der Waals surface area contributed by atoms with Crippen LogP contribution in [0.3, 0.4) is 0 Å². The van der Waals surface area contributed by atoms with Crippen LogP contribution in [0.15, 0.2) is 12.2 Å². The number of carbonyl (C=O) groups is 1. The van der Waals surface area contributed by atoms with Gasteiger partial charge in [-0.25, -0.2) is 4.79 Å². The molecule has 2 aliphatic carbocycles. The Hall–Kier alpha value is -1.03. The Balaban J connectivity index is 1.38. The maximum atomic E-state index is 12.0. The van der Waals surface area contributed by atoms with Crippen LogP contribution in [0.2, 0.25) is 0 Å². The van der Waals surface area contributed by atoms with Gasteiger partial charge in [-0.15, -0.1) is 0 Å². The molecule has 0 aromatic carbocycles. The Bertz CT molecular complexity index is 415.